The average molecular weight is 382 g/mol. The number of pyridine rings is 1. The van der Waals surface area contributed by atoms with Gasteiger partial charge in [0.25, 0.3) is 11.5 Å². The predicted octanol–water partition coefficient (Wildman–Crippen LogP) is 3.72. The van der Waals surface area contributed by atoms with Gasteiger partial charge in [-0.3, -0.25) is 9.59 Å². The van der Waals surface area contributed by atoms with Crippen LogP contribution in [0.4, 0.5) is 0 Å². The second-order valence-corrected chi connectivity index (χ2v) is 7.96. The third-order valence-electron chi connectivity index (χ3n) is 4.91. The molecule has 1 saturated heterocycles. The number of hydrogen-bond acceptors (Lipinski definition) is 4. The van der Waals surface area contributed by atoms with E-state index < -0.39 is 0 Å². The summed E-state index contributed by atoms with van der Waals surface area (Å²) in [7, 11) is 0. The monoisotopic (exact) mass is 382 g/mol. The number of benzene rings is 1. The number of ether oxygens (including phenoxy) is 1. The molecule has 1 amide bonds. The van der Waals surface area contributed by atoms with E-state index in [0.29, 0.717) is 17.0 Å². The van der Waals surface area contributed by atoms with E-state index in [-0.39, 0.29) is 24.1 Å². The fourth-order valence-corrected chi connectivity index (χ4v) is 4.19. The normalized spacial score (nSPS) is 16.7. The van der Waals surface area contributed by atoms with Crippen molar-refractivity contribution in [3.63, 3.8) is 0 Å². The first-order valence-corrected chi connectivity index (χ1v) is 10.0. The highest BCUT2D eigenvalue weighted by atomic mass is 32.1. The standard InChI is InChI=1S/C21H22N2O3S/c1-14-6-7-18-15(10-14)11-16(20(24)22-18)12-23(13-17-4-2-8-26-17)21(25)19-5-3-9-27-19/h3,5-7,9-11,17H,2,4,8,12-13H2,1H3,(H,22,24)/t17-/m0/s1. The first kappa shape index (κ1) is 17.9. The van der Waals surface area contributed by atoms with Crippen molar-refractivity contribution in [3.8, 4) is 0 Å². The summed E-state index contributed by atoms with van der Waals surface area (Å²) in [5.41, 5.74) is 2.38. The molecule has 0 spiro atoms. The van der Waals surface area contributed by atoms with Crippen molar-refractivity contribution in [1.82, 2.24) is 9.88 Å². The lowest BCUT2D eigenvalue weighted by molar-refractivity contribution is 0.0510. The summed E-state index contributed by atoms with van der Waals surface area (Å²) in [5, 5.41) is 2.87. The van der Waals surface area contributed by atoms with Crippen LogP contribution >= 0.6 is 11.3 Å². The van der Waals surface area contributed by atoms with E-state index in [2.05, 4.69) is 4.98 Å². The Morgan fingerprint density at radius 3 is 2.96 bits per heavy atom. The number of fused-ring (bicyclic) bond motifs is 1. The molecule has 0 saturated carbocycles. The van der Waals surface area contributed by atoms with Crippen LogP contribution in [0, 0.1) is 6.92 Å². The molecule has 0 bridgehead atoms. The van der Waals surface area contributed by atoms with Gasteiger partial charge in [0, 0.05) is 24.2 Å². The summed E-state index contributed by atoms with van der Waals surface area (Å²) in [6.45, 7) is 3.54. The maximum absolute atomic E-state index is 13.0. The molecule has 1 N–H and O–H groups in total. The maximum Gasteiger partial charge on any atom is 0.264 e. The number of amides is 1. The number of hydrogen-bond donors (Lipinski definition) is 1. The fraction of sp³-hybridized carbons (Fsp3) is 0.333. The highest BCUT2D eigenvalue weighted by molar-refractivity contribution is 7.12. The first-order valence-electron chi connectivity index (χ1n) is 9.17. The molecule has 4 rings (SSSR count). The van der Waals surface area contributed by atoms with Crippen molar-refractivity contribution >= 4 is 28.1 Å². The zero-order chi connectivity index (χ0) is 18.8. The summed E-state index contributed by atoms with van der Waals surface area (Å²) in [6.07, 6.45) is 2.00. The Balaban J connectivity index is 1.65. The molecule has 140 valence electrons. The lowest BCUT2D eigenvalue weighted by Crippen LogP contribution is -2.38. The second-order valence-electron chi connectivity index (χ2n) is 7.01. The summed E-state index contributed by atoms with van der Waals surface area (Å²) in [6, 6.07) is 11.5. The zero-order valence-electron chi connectivity index (χ0n) is 15.2. The molecule has 0 aliphatic carbocycles. The Morgan fingerprint density at radius 2 is 2.22 bits per heavy atom. The highest BCUT2D eigenvalue weighted by Crippen LogP contribution is 2.20. The van der Waals surface area contributed by atoms with E-state index in [1.54, 1.807) is 4.90 Å². The van der Waals surface area contributed by atoms with Crippen molar-refractivity contribution in [2.45, 2.75) is 32.4 Å². The van der Waals surface area contributed by atoms with Gasteiger partial charge in [-0.1, -0.05) is 17.7 Å². The Hall–Kier alpha value is -2.44. The minimum absolute atomic E-state index is 0.0377. The fourth-order valence-electron chi connectivity index (χ4n) is 3.50. The molecule has 1 aromatic carbocycles. The van der Waals surface area contributed by atoms with Crippen molar-refractivity contribution in [3.05, 3.63) is 68.1 Å². The van der Waals surface area contributed by atoms with Crippen molar-refractivity contribution in [2.75, 3.05) is 13.2 Å². The topological polar surface area (TPSA) is 62.4 Å². The molecule has 0 unspecified atom stereocenters. The molecule has 1 fully saturated rings. The van der Waals surface area contributed by atoms with Crippen LogP contribution in [0.25, 0.3) is 10.9 Å². The molecule has 3 aromatic rings. The van der Waals surface area contributed by atoms with Crippen molar-refractivity contribution in [1.29, 1.82) is 0 Å². The minimum Gasteiger partial charge on any atom is -0.376 e. The van der Waals surface area contributed by atoms with Crippen LogP contribution in [0.15, 0.2) is 46.6 Å². The predicted molar refractivity (Wildman–Crippen MR) is 107 cm³/mol. The van der Waals surface area contributed by atoms with Crippen molar-refractivity contribution < 1.29 is 9.53 Å². The van der Waals surface area contributed by atoms with Gasteiger partial charge in [0.05, 0.1) is 17.5 Å². The number of aryl methyl sites for hydroxylation is 1. The third kappa shape index (κ3) is 3.96. The number of aromatic amines is 1. The van der Waals surface area contributed by atoms with Gasteiger partial charge in [-0.15, -0.1) is 11.3 Å². The van der Waals surface area contributed by atoms with E-state index in [1.165, 1.54) is 11.3 Å². The van der Waals surface area contributed by atoms with Gasteiger partial charge in [-0.25, -0.2) is 0 Å². The number of nitrogens with zero attached hydrogens (tertiary/aromatic N) is 1. The number of nitrogens with one attached hydrogen (secondary N) is 1. The van der Waals surface area contributed by atoms with Gasteiger partial charge in [-0.05, 0) is 54.8 Å². The SMILES string of the molecule is Cc1ccc2[nH]c(=O)c(CN(C[C@@H]3CCCO3)C(=O)c3cccs3)cc2c1. The summed E-state index contributed by atoms with van der Waals surface area (Å²) >= 11 is 1.42. The van der Waals surface area contributed by atoms with Gasteiger partial charge in [-0.2, -0.15) is 0 Å². The summed E-state index contributed by atoms with van der Waals surface area (Å²) in [5.74, 6) is -0.0516. The Bertz CT molecular complexity index is 1000. The van der Waals surface area contributed by atoms with Gasteiger partial charge >= 0.3 is 0 Å². The van der Waals surface area contributed by atoms with Crippen LogP contribution in [-0.2, 0) is 11.3 Å². The molecule has 3 heterocycles. The Kier molecular flexibility index (Phi) is 5.09. The number of carbonyl (C=O) groups is 1. The molecule has 1 atom stereocenters. The number of rotatable bonds is 5. The first-order chi connectivity index (χ1) is 13.1. The van der Waals surface area contributed by atoms with Crippen LogP contribution in [0.3, 0.4) is 0 Å². The Morgan fingerprint density at radius 1 is 1.33 bits per heavy atom. The van der Waals surface area contributed by atoms with Gasteiger partial charge < -0.3 is 14.6 Å². The van der Waals surface area contributed by atoms with Crippen LogP contribution in [-0.4, -0.2) is 35.0 Å². The van der Waals surface area contributed by atoms with E-state index in [4.69, 9.17) is 4.74 Å². The maximum atomic E-state index is 13.0. The van der Waals surface area contributed by atoms with Gasteiger partial charge in [0.1, 0.15) is 0 Å². The number of H-pyrrole nitrogens is 1. The molecule has 27 heavy (non-hydrogen) atoms. The number of thiophene rings is 1. The average Bonchev–Trinajstić information content (AvgIpc) is 3.35. The molecule has 6 heteroatoms. The largest absolute Gasteiger partial charge is 0.376 e. The molecular formula is C21H22N2O3S. The molecule has 1 aliphatic rings. The lowest BCUT2D eigenvalue weighted by Gasteiger charge is -2.25. The lowest BCUT2D eigenvalue weighted by atomic mass is 10.1. The third-order valence-corrected chi connectivity index (χ3v) is 5.76. The van der Waals surface area contributed by atoms with Crippen LogP contribution in [0.1, 0.15) is 33.6 Å². The van der Waals surface area contributed by atoms with E-state index in [0.717, 1.165) is 35.9 Å². The minimum atomic E-state index is -0.150. The Labute approximate surface area is 161 Å². The molecular weight excluding hydrogens is 360 g/mol. The summed E-state index contributed by atoms with van der Waals surface area (Å²) in [4.78, 5) is 30.9. The molecule has 2 aromatic heterocycles. The van der Waals surface area contributed by atoms with E-state index in [1.807, 2.05) is 48.7 Å². The zero-order valence-corrected chi connectivity index (χ0v) is 16.1. The number of aromatic nitrogens is 1. The molecule has 1 aliphatic heterocycles. The highest BCUT2D eigenvalue weighted by Gasteiger charge is 2.25. The van der Waals surface area contributed by atoms with Crippen LogP contribution in [0.2, 0.25) is 0 Å². The second kappa shape index (κ2) is 7.66. The van der Waals surface area contributed by atoms with E-state index >= 15 is 0 Å². The molecule has 5 nitrogen and oxygen atoms in total. The smallest absolute Gasteiger partial charge is 0.264 e. The van der Waals surface area contributed by atoms with Crippen LogP contribution < -0.4 is 5.56 Å². The summed E-state index contributed by atoms with van der Waals surface area (Å²) < 4.78 is 5.73. The van der Waals surface area contributed by atoms with Crippen LogP contribution in [0.5, 0.6) is 0 Å². The van der Waals surface area contributed by atoms with Crippen molar-refractivity contribution in [2.24, 2.45) is 0 Å². The quantitative estimate of drug-likeness (QED) is 0.732. The van der Waals surface area contributed by atoms with E-state index in [9.17, 15) is 9.59 Å². The number of carbonyl (C=O) groups excluding carboxylic acids is 1. The van der Waals surface area contributed by atoms with Gasteiger partial charge in [0.15, 0.2) is 0 Å². The van der Waals surface area contributed by atoms with Gasteiger partial charge in [0.2, 0.25) is 0 Å². The molecule has 0 radical (unpaired) electrons.